The molecule has 0 radical (unpaired) electrons. The van der Waals surface area contributed by atoms with Gasteiger partial charge in [0, 0.05) is 30.0 Å². The van der Waals surface area contributed by atoms with Crippen molar-refractivity contribution in [3.05, 3.63) is 23.8 Å². The van der Waals surface area contributed by atoms with Crippen molar-refractivity contribution in [2.24, 2.45) is 11.8 Å². The summed E-state index contributed by atoms with van der Waals surface area (Å²) in [5.41, 5.74) is 13.3. The summed E-state index contributed by atoms with van der Waals surface area (Å²) < 4.78 is 0. The van der Waals surface area contributed by atoms with Crippen LogP contribution in [-0.2, 0) is 0 Å². The third kappa shape index (κ3) is 2.60. The number of anilines is 2. The fourth-order valence-corrected chi connectivity index (χ4v) is 3.77. The predicted octanol–water partition coefficient (Wildman–Crippen LogP) is 2.50. The van der Waals surface area contributed by atoms with E-state index in [1.807, 2.05) is 4.90 Å². The molecule has 4 nitrogen and oxygen atoms in total. The topological polar surface area (TPSA) is 72.3 Å². The number of benzene rings is 1. The molecule has 2 atom stereocenters. The van der Waals surface area contributed by atoms with Crippen molar-refractivity contribution < 1.29 is 4.79 Å². The molecule has 2 fully saturated rings. The lowest BCUT2D eigenvalue weighted by molar-refractivity contribution is 0.0521. The number of rotatable bonds is 1. The van der Waals surface area contributed by atoms with Crippen LogP contribution in [0, 0.1) is 11.8 Å². The maximum Gasteiger partial charge on any atom is 0.254 e. The molecule has 108 valence electrons. The van der Waals surface area contributed by atoms with Gasteiger partial charge in [0.15, 0.2) is 0 Å². The molecule has 1 aliphatic heterocycles. The van der Waals surface area contributed by atoms with E-state index in [0.29, 0.717) is 22.9 Å². The Morgan fingerprint density at radius 1 is 1.00 bits per heavy atom. The zero-order chi connectivity index (χ0) is 14.1. The van der Waals surface area contributed by atoms with Crippen molar-refractivity contribution in [2.75, 3.05) is 24.6 Å². The number of piperidine rings is 1. The number of fused-ring (bicyclic) bond motifs is 1. The minimum atomic E-state index is 0.0769. The first-order chi connectivity index (χ1) is 9.63. The van der Waals surface area contributed by atoms with Gasteiger partial charge >= 0.3 is 0 Å². The monoisotopic (exact) mass is 273 g/mol. The van der Waals surface area contributed by atoms with Crippen molar-refractivity contribution in [3.63, 3.8) is 0 Å². The van der Waals surface area contributed by atoms with Gasteiger partial charge in [-0.3, -0.25) is 4.79 Å². The van der Waals surface area contributed by atoms with Crippen LogP contribution in [0.25, 0.3) is 0 Å². The van der Waals surface area contributed by atoms with Crippen LogP contribution < -0.4 is 11.5 Å². The van der Waals surface area contributed by atoms with Crippen LogP contribution in [0.1, 0.15) is 42.5 Å². The molecule has 1 aromatic rings. The first-order valence-corrected chi connectivity index (χ1v) is 7.59. The maximum absolute atomic E-state index is 12.6. The molecule has 2 unspecified atom stereocenters. The fraction of sp³-hybridized carbons (Fsp3) is 0.562. The number of hydrogen-bond donors (Lipinski definition) is 2. The largest absolute Gasteiger partial charge is 0.399 e. The number of nitrogens with zero attached hydrogens (tertiary/aromatic N) is 1. The second-order valence-electron chi connectivity index (χ2n) is 6.23. The molecule has 4 heteroatoms. The number of amides is 1. The third-order valence-electron chi connectivity index (χ3n) is 4.80. The van der Waals surface area contributed by atoms with Gasteiger partial charge in [0.25, 0.3) is 5.91 Å². The third-order valence-corrected chi connectivity index (χ3v) is 4.80. The highest BCUT2D eigenvalue weighted by Crippen LogP contribution is 2.36. The lowest BCUT2D eigenvalue weighted by Crippen LogP contribution is -2.44. The van der Waals surface area contributed by atoms with Crippen LogP contribution in [0.4, 0.5) is 11.4 Å². The Kier molecular flexibility index (Phi) is 3.55. The molecule has 0 bridgehead atoms. The molecule has 1 heterocycles. The number of hydrogen-bond acceptors (Lipinski definition) is 3. The number of carbonyl (C=O) groups excluding carboxylic acids is 1. The molecule has 0 spiro atoms. The van der Waals surface area contributed by atoms with Crippen LogP contribution >= 0.6 is 0 Å². The van der Waals surface area contributed by atoms with Gasteiger partial charge in [-0.05, 0) is 42.9 Å². The summed E-state index contributed by atoms with van der Waals surface area (Å²) in [5.74, 6) is 1.60. The molecule has 1 amide bonds. The van der Waals surface area contributed by atoms with Crippen LogP contribution in [0.3, 0.4) is 0 Å². The highest BCUT2D eigenvalue weighted by molar-refractivity contribution is 5.96. The van der Waals surface area contributed by atoms with Gasteiger partial charge in [-0.25, -0.2) is 0 Å². The SMILES string of the molecule is Nc1cc(N)cc(C(=O)N2CCC3CCCCC3C2)c1. The summed E-state index contributed by atoms with van der Waals surface area (Å²) in [6.45, 7) is 1.77. The van der Waals surface area contributed by atoms with Crippen molar-refractivity contribution in [1.82, 2.24) is 4.90 Å². The quantitative estimate of drug-likeness (QED) is 0.772. The standard InChI is InChI=1S/C16H23N3O/c17-14-7-13(8-15(18)9-14)16(20)19-6-5-11-3-1-2-4-12(11)10-19/h7-9,11-12H,1-6,10,17-18H2. The first-order valence-electron chi connectivity index (χ1n) is 7.59. The van der Waals surface area contributed by atoms with Gasteiger partial charge in [0.2, 0.25) is 0 Å². The van der Waals surface area contributed by atoms with E-state index in [1.165, 1.54) is 25.7 Å². The Morgan fingerprint density at radius 2 is 1.65 bits per heavy atom. The van der Waals surface area contributed by atoms with Gasteiger partial charge in [-0.1, -0.05) is 19.3 Å². The zero-order valence-electron chi connectivity index (χ0n) is 11.8. The fourth-order valence-electron chi connectivity index (χ4n) is 3.77. The van der Waals surface area contributed by atoms with Crippen molar-refractivity contribution >= 4 is 17.3 Å². The van der Waals surface area contributed by atoms with Crippen molar-refractivity contribution in [3.8, 4) is 0 Å². The van der Waals surface area contributed by atoms with E-state index < -0.39 is 0 Å². The Morgan fingerprint density at radius 3 is 2.35 bits per heavy atom. The molecule has 1 saturated carbocycles. The molecule has 3 rings (SSSR count). The number of nitrogen functional groups attached to an aromatic ring is 2. The number of carbonyl (C=O) groups is 1. The molecule has 1 aromatic carbocycles. The molecule has 4 N–H and O–H groups in total. The molecule has 1 aliphatic carbocycles. The smallest absolute Gasteiger partial charge is 0.254 e. The summed E-state index contributed by atoms with van der Waals surface area (Å²) in [4.78, 5) is 14.6. The molecular formula is C16H23N3O. The number of likely N-dealkylation sites (tertiary alicyclic amines) is 1. The second-order valence-corrected chi connectivity index (χ2v) is 6.23. The summed E-state index contributed by atoms with van der Waals surface area (Å²) in [7, 11) is 0. The highest BCUT2D eigenvalue weighted by atomic mass is 16.2. The van der Waals surface area contributed by atoms with Crippen LogP contribution in [-0.4, -0.2) is 23.9 Å². The normalized spacial score (nSPS) is 26.1. The summed E-state index contributed by atoms with van der Waals surface area (Å²) in [6, 6.07) is 5.14. The Balaban J connectivity index is 1.74. The van der Waals surface area contributed by atoms with E-state index in [1.54, 1.807) is 18.2 Å². The first kappa shape index (κ1) is 13.3. The maximum atomic E-state index is 12.6. The molecule has 2 aliphatic rings. The van der Waals surface area contributed by atoms with E-state index in [0.717, 1.165) is 25.4 Å². The van der Waals surface area contributed by atoms with E-state index in [-0.39, 0.29) is 5.91 Å². The predicted molar refractivity (Wildman–Crippen MR) is 81.2 cm³/mol. The summed E-state index contributed by atoms with van der Waals surface area (Å²) in [5, 5.41) is 0. The minimum Gasteiger partial charge on any atom is -0.399 e. The lowest BCUT2D eigenvalue weighted by Gasteiger charge is -2.41. The second kappa shape index (κ2) is 5.35. The Bertz CT molecular complexity index is 494. The van der Waals surface area contributed by atoms with Crippen LogP contribution in [0.15, 0.2) is 18.2 Å². The van der Waals surface area contributed by atoms with Crippen LogP contribution in [0.2, 0.25) is 0 Å². The lowest BCUT2D eigenvalue weighted by atomic mass is 9.75. The summed E-state index contributed by atoms with van der Waals surface area (Å²) >= 11 is 0. The van der Waals surface area contributed by atoms with Gasteiger partial charge < -0.3 is 16.4 Å². The van der Waals surface area contributed by atoms with Gasteiger partial charge in [0.1, 0.15) is 0 Å². The van der Waals surface area contributed by atoms with Gasteiger partial charge in [-0.2, -0.15) is 0 Å². The Hall–Kier alpha value is -1.71. The van der Waals surface area contributed by atoms with Crippen molar-refractivity contribution in [1.29, 1.82) is 0 Å². The van der Waals surface area contributed by atoms with Gasteiger partial charge in [0.05, 0.1) is 0 Å². The van der Waals surface area contributed by atoms with E-state index in [4.69, 9.17) is 11.5 Å². The van der Waals surface area contributed by atoms with Crippen LogP contribution in [0.5, 0.6) is 0 Å². The van der Waals surface area contributed by atoms with E-state index in [9.17, 15) is 4.79 Å². The average molecular weight is 273 g/mol. The van der Waals surface area contributed by atoms with E-state index in [2.05, 4.69) is 0 Å². The molecule has 1 saturated heterocycles. The minimum absolute atomic E-state index is 0.0769. The molecule has 20 heavy (non-hydrogen) atoms. The zero-order valence-corrected chi connectivity index (χ0v) is 11.8. The summed E-state index contributed by atoms with van der Waals surface area (Å²) in [6.07, 6.45) is 6.44. The number of nitrogens with two attached hydrogens (primary N) is 2. The molecular weight excluding hydrogens is 250 g/mol. The van der Waals surface area contributed by atoms with E-state index >= 15 is 0 Å². The van der Waals surface area contributed by atoms with Gasteiger partial charge in [-0.15, -0.1) is 0 Å². The Labute approximate surface area is 120 Å². The average Bonchev–Trinajstić information content (AvgIpc) is 2.45. The molecule has 0 aromatic heterocycles. The highest BCUT2D eigenvalue weighted by Gasteiger charge is 2.33. The van der Waals surface area contributed by atoms with Crippen molar-refractivity contribution in [2.45, 2.75) is 32.1 Å².